The standard InChI is InChI=1S/2C7H8O4S.C2H8N2/c2*1-5-2-3-7(6(8)4-5)12(9,10)11;3-1-2-4/h2*2-4,8H,1H3,(H,9,10,11);1-4H2. The largest absolute Gasteiger partial charge is 0.506 e. The van der Waals surface area contributed by atoms with Crippen molar-refractivity contribution in [3.05, 3.63) is 47.5 Å². The normalized spacial score (nSPS) is 10.9. The van der Waals surface area contributed by atoms with Gasteiger partial charge in [0.1, 0.15) is 21.3 Å². The summed E-state index contributed by atoms with van der Waals surface area (Å²) in [6, 6.07) is 7.82. The van der Waals surface area contributed by atoms with Crippen LogP contribution in [-0.4, -0.2) is 49.2 Å². The van der Waals surface area contributed by atoms with E-state index >= 15 is 0 Å². The number of benzene rings is 2. The molecular weight excluding hydrogens is 412 g/mol. The second-order valence-corrected chi connectivity index (χ2v) is 8.25. The van der Waals surface area contributed by atoms with E-state index < -0.39 is 41.5 Å². The number of aromatic hydroxyl groups is 2. The lowest BCUT2D eigenvalue weighted by Gasteiger charge is -2.00. The minimum Gasteiger partial charge on any atom is -0.506 e. The second-order valence-electron chi connectivity index (χ2n) is 5.47. The smallest absolute Gasteiger partial charge is 0.298 e. The van der Waals surface area contributed by atoms with Crippen molar-refractivity contribution in [3.8, 4) is 11.5 Å². The number of rotatable bonds is 3. The monoisotopic (exact) mass is 436 g/mol. The Morgan fingerprint density at radius 2 is 1.00 bits per heavy atom. The van der Waals surface area contributed by atoms with E-state index in [0.29, 0.717) is 13.1 Å². The summed E-state index contributed by atoms with van der Waals surface area (Å²) in [5.74, 6) is -0.866. The summed E-state index contributed by atoms with van der Waals surface area (Å²) < 4.78 is 59.4. The number of hydrogen-bond donors (Lipinski definition) is 6. The topological polar surface area (TPSA) is 201 Å². The molecule has 0 radical (unpaired) electrons. The van der Waals surface area contributed by atoms with Gasteiger partial charge in [0.2, 0.25) is 0 Å². The van der Waals surface area contributed by atoms with Gasteiger partial charge >= 0.3 is 0 Å². The van der Waals surface area contributed by atoms with Crippen molar-refractivity contribution in [1.82, 2.24) is 0 Å². The molecule has 12 heteroatoms. The van der Waals surface area contributed by atoms with Crippen molar-refractivity contribution in [3.63, 3.8) is 0 Å². The Morgan fingerprint density at radius 1 is 0.714 bits per heavy atom. The molecule has 2 rings (SSSR count). The summed E-state index contributed by atoms with van der Waals surface area (Å²) in [5, 5.41) is 18.2. The maximum atomic E-state index is 10.6. The van der Waals surface area contributed by atoms with Crippen LogP contribution in [-0.2, 0) is 20.2 Å². The van der Waals surface area contributed by atoms with Crippen LogP contribution < -0.4 is 11.5 Å². The highest BCUT2D eigenvalue weighted by Gasteiger charge is 2.14. The van der Waals surface area contributed by atoms with Crippen LogP contribution in [0.1, 0.15) is 11.1 Å². The summed E-state index contributed by atoms with van der Waals surface area (Å²) in [7, 11) is -8.60. The average molecular weight is 437 g/mol. The Labute approximate surface area is 163 Å². The third kappa shape index (κ3) is 9.12. The van der Waals surface area contributed by atoms with E-state index in [2.05, 4.69) is 0 Å². The number of aryl methyl sites for hydroxylation is 2. The third-order valence-electron chi connectivity index (χ3n) is 2.95. The van der Waals surface area contributed by atoms with Gasteiger partial charge in [-0.1, -0.05) is 12.1 Å². The molecule has 0 aliphatic rings. The maximum absolute atomic E-state index is 10.6. The molecule has 0 saturated carbocycles. The van der Waals surface area contributed by atoms with Crippen LogP contribution in [0.5, 0.6) is 11.5 Å². The molecule has 0 aliphatic carbocycles. The van der Waals surface area contributed by atoms with E-state index in [1.165, 1.54) is 24.3 Å². The first-order valence-corrected chi connectivity index (χ1v) is 10.6. The predicted octanol–water partition coefficient (Wildman–Crippen LogP) is 0.798. The predicted molar refractivity (Wildman–Crippen MR) is 103 cm³/mol. The Kier molecular flexibility index (Phi) is 10.1. The number of hydrogen-bond acceptors (Lipinski definition) is 8. The van der Waals surface area contributed by atoms with Gasteiger partial charge in [-0.3, -0.25) is 9.11 Å². The van der Waals surface area contributed by atoms with E-state index in [9.17, 15) is 16.8 Å². The second kappa shape index (κ2) is 10.9. The zero-order chi connectivity index (χ0) is 22.1. The van der Waals surface area contributed by atoms with E-state index in [1.807, 2.05) is 0 Å². The van der Waals surface area contributed by atoms with Gasteiger partial charge < -0.3 is 21.7 Å². The highest BCUT2D eigenvalue weighted by Crippen LogP contribution is 2.23. The first kappa shape index (κ1) is 25.8. The molecule has 158 valence electrons. The Hall–Kier alpha value is -2.22. The fourth-order valence-corrected chi connectivity index (χ4v) is 2.82. The SMILES string of the molecule is Cc1ccc(S(=O)(=O)O)c(O)c1.Cc1ccc(S(=O)(=O)O)c(O)c1.NCCN. The molecule has 2 aromatic carbocycles. The van der Waals surface area contributed by atoms with E-state index in [1.54, 1.807) is 13.8 Å². The van der Waals surface area contributed by atoms with Gasteiger partial charge in [0.25, 0.3) is 20.2 Å². The molecule has 0 atom stereocenters. The maximum Gasteiger partial charge on any atom is 0.298 e. The third-order valence-corrected chi connectivity index (χ3v) is 4.75. The summed E-state index contributed by atoms with van der Waals surface area (Å²) in [6.07, 6.45) is 0. The molecule has 8 N–H and O–H groups in total. The summed E-state index contributed by atoms with van der Waals surface area (Å²) >= 11 is 0. The van der Waals surface area contributed by atoms with Crippen LogP contribution in [0.15, 0.2) is 46.2 Å². The van der Waals surface area contributed by atoms with Gasteiger partial charge in [-0.05, 0) is 49.2 Å². The van der Waals surface area contributed by atoms with Gasteiger partial charge in [-0.25, -0.2) is 0 Å². The Balaban J connectivity index is 0.000000439. The van der Waals surface area contributed by atoms with Crippen molar-refractivity contribution >= 4 is 20.2 Å². The van der Waals surface area contributed by atoms with Crippen molar-refractivity contribution in [2.45, 2.75) is 23.6 Å². The zero-order valence-corrected chi connectivity index (χ0v) is 16.9. The van der Waals surface area contributed by atoms with Crippen molar-refractivity contribution in [2.24, 2.45) is 11.5 Å². The van der Waals surface area contributed by atoms with Crippen molar-refractivity contribution in [1.29, 1.82) is 0 Å². The van der Waals surface area contributed by atoms with Gasteiger partial charge in [0, 0.05) is 13.1 Å². The van der Waals surface area contributed by atoms with Crippen molar-refractivity contribution in [2.75, 3.05) is 13.1 Å². The molecule has 2 aromatic rings. The van der Waals surface area contributed by atoms with Crippen LogP contribution in [0, 0.1) is 13.8 Å². The fourth-order valence-electron chi connectivity index (χ4n) is 1.69. The molecule has 28 heavy (non-hydrogen) atoms. The molecule has 0 spiro atoms. The molecule has 0 aromatic heterocycles. The Bertz CT molecular complexity index is 908. The molecule has 0 bridgehead atoms. The number of phenolic OH excluding ortho intramolecular Hbond substituents is 2. The average Bonchev–Trinajstić information content (AvgIpc) is 2.53. The summed E-state index contributed by atoms with van der Waals surface area (Å²) in [4.78, 5) is -0.929. The summed E-state index contributed by atoms with van der Waals surface area (Å²) in [5.41, 5.74) is 11.2. The molecule has 10 nitrogen and oxygen atoms in total. The first-order chi connectivity index (χ1) is 12.7. The lowest BCUT2D eigenvalue weighted by atomic mass is 10.2. The Morgan fingerprint density at radius 3 is 1.18 bits per heavy atom. The molecule has 0 aliphatic heterocycles. The number of phenols is 2. The molecule has 0 unspecified atom stereocenters. The molecule has 0 heterocycles. The van der Waals surface area contributed by atoms with Crippen LogP contribution >= 0.6 is 0 Å². The van der Waals surface area contributed by atoms with Gasteiger partial charge in [-0.15, -0.1) is 0 Å². The lowest BCUT2D eigenvalue weighted by molar-refractivity contribution is 0.441. The van der Waals surface area contributed by atoms with Crippen LogP contribution in [0.2, 0.25) is 0 Å². The van der Waals surface area contributed by atoms with E-state index in [0.717, 1.165) is 23.3 Å². The van der Waals surface area contributed by atoms with Crippen molar-refractivity contribution < 1.29 is 36.2 Å². The fraction of sp³-hybridized carbons (Fsp3) is 0.250. The quantitative estimate of drug-likeness (QED) is 0.374. The van der Waals surface area contributed by atoms with Crippen LogP contribution in [0.3, 0.4) is 0 Å². The zero-order valence-electron chi connectivity index (χ0n) is 15.3. The van der Waals surface area contributed by atoms with Crippen LogP contribution in [0.4, 0.5) is 0 Å². The van der Waals surface area contributed by atoms with Crippen LogP contribution in [0.25, 0.3) is 0 Å². The minimum atomic E-state index is -4.30. The van der Waals surface area contributed by atoms with Gasteiger partial charge in [-0.2, -0.15) is 16.8 Å². The molecule has 0 fully saturated rings. The highest BCUT2D eigenvalue weighted by atomic mass is 32.2. The summed E-state index contributed by atoms with van der Waals surface area (Å²) in [6.45, 7) is 4.60. The first-order valence-electron chi connectivity index (χ1n) is 7.68. The molecule has 0 amide bonds. The minimum absolute atomic E-state index is 0.433. The lowest BCUT2D eigenvalue weighted by Crippen LogP contribution is -2.11. The highest BCUT2D eigenvalue weighted by molar-refractivity contribution is 7.86. The van der Waals surface area contributed by atoms with Gasteiger partial charge in [0.05, 0.1) is 0 Å². The number of nitrogens with two attached hydrogens (primary N) is 2. The van der Waals surface area contributed by atoms with E-state index in [4.69, 9.17) is 30.8 Å². The molecular formula is C16H24N2O8S2. The van der Waals surface area contributed by atoms with E-state index in [-0.39, 0.29) is 0 Å². The molecule has 0 saturated heterocycles. The van der Waals surface area contributed by atoms with Gasteiger partial charge in [0.15, 0.2) is 0 Å².